The molecule has 8 N–H and O–H groups in total. The third-order valence-electron chi connectivity index (χ3n) is 5.59. The number of benzene rings is 2. The number of hydrogen-bond acceptors (Lipinski definition) is 7. The van der Waals surface area contributed by atoms with E-state index in [9.17, 15) is 20.1 Å². The molecule has 0 saturated heterocycles. The van der Waals surface area contributed by atoms with Crippen LogP contribution in [0.5, 0.6) is 5.75 Å². The topological polar surface area (TPSA) is 174 Å². The normalized spacial score (nSPS) is 11.3. The van der Waals surface area contributed by atoms with Gasteiger partial charge in [0.15, 0.2) is 0 Å². The molecule has 2 aromatic carbocycles. The molecule has 0 spiro atoms. The Bertz CT molecular complexity index is 952. The van der Waals surface area contributed by atoms with Crippen LogP contribution in [0.2, 0.25) is 0 Å². The molecule has 0 aliphatic heterocycles. The number of nitrogens with one attached hydrogen (secondary N) is 2. The predicted octanol–water partition coefficient (Wildman–Crippen LogP) is 3.69. The SMILES string of the molecule is CC(=O)O.NC(=O)Nc1cccc(CCCOCCCCCCCNC[C@H](O)c2ccc(O)c(CO)c2)c1. The second-order valence-corrected chi connectivity index (χ2v) is 8.96. The molecule has 212 valence electrons. The van der Waals surface area contributed by atoms with Crippen molar-refractivity contribution in [3.8, 4) is 5.75 Å². The number of anilines is 1. The van der Waals surface area contributed by atoms with E-state index in [1.807, 2.05) is 24.3 Å². The number of primary amides is 1. The van der Waals surface area contributed by atoms with Crippen LogP contribution in [0.25, 0.3) is 0 Å². The first-order valence-electron chi connectivity index (χ1n) is 13.0. The van der Waals surface area contributed by atoms with Gasteiger partial charge in [-0.25, -0.2) is 4.79 Å². The molecule has 1 atom stereocenters. The van der Waals surface area contributed by atoms with Crippen LogP contribution >= 0.6 is 0 Å². The molecule has 10 heteroatoms. The van der Waals surface area contributed by atoms with Gasteiger partial charge in [0.25, 0.3) is 5.97 Å². The molecule has 0 aliphatic carbocycles. The number of carbonyl (C=O) groups is 2. The molecule has 10 nitrogen and oxygen atoms in total. The Morgan fingerprint density at radius 1 is 1.00 bits per heavy atom. The van der Waals surface area contributed by atoms with Crippen molar-refractivity contribution in [2.45, 2.75) is 64.6 Å². The van der Waals surface area contributed by atoms with Gasteiger partial charge in [-0.3, -0.25) is 4.79 Å². The summed E-state index contributed by atoms with van der Waals surface area (Å²) >= 11 is 0. The van der Waals surface area contributed by atoms with Crippen LogP contribution in [-0.4, -0.2) is 58.7 Å². The van der Waals surface area contributed by atoms with E-state index in [-0.39, 0.29) is 12.4 Å². The van der Waals surface area contributed by atoms with E-state index in [0.717, 1.165) is 77.2 Å². The van der Waals surface area contributed by atoms with Crippen molar-refractivity contribution < 1.29 is 34.8 Å². The van der Waals surface area contributed by atoms with E-state index < -0.39 is 18.1 Å². The molecule has 0 radical (unpaired) electrons. The van der Waals surface area contributed by atoms with E-state index >= 15 is 0 Å². The molecular formula is C28H43N3O7. The summed E-state index contributed by atoms with van der Waals surface area (Å²) < 4.78 is 5.73. The second kappa shape index (κ2) is 19.9. The van der Waals surface area contributed by atoms with Crippen LogP contribution in [0.4, 0.5) is 10.5 Å². The summed E-state index contributed by atoms with van der Waals surface area (Å²) in [6.07, 6.45) is 6.69. The largest absolute Gasteiger partial charge is 0.508 e. The lowest BCUT2D eigenvalue weighted by molar-refractivity contribution is -0.134. The van der Waals surface area contributed by atoms with Crippen molar-refractivity contribution in [3.05, 3.63) is 59.2 Å². The number of unbranched alkanes of at least 4 members (excludes halogenated alkanes) is 4. The minimum atomic E-state index is -0.833. The zero-order chi connectivity index (χ0) is 28.2. The maximum absolute atomic E-state index is 10.9. The molecule has 2 aromatic rings. The number of carbonyl (C=O) groups excluding carboxylic acids is 1. The van der Waals surface area contributed by atoms with Gasteiger partial charge in [0.1, 0.15) is 5.75 Å². The molecule has 0 bridgehead atoms. The van der Waals surface area contributed by atoms with Crippen molar-refractivity contribution in [1.82, 2.24) is 5.32 Å². The quantitative estimate of drug-likeness (QED) is 0.151. The molecule has 0 fully saturated rings. The number of phenols is 1. The Morgan fingerprint density at radius 3 is 2.39 bits per heavy atom. The standard InChI is InChI=1S/C26H39N3O5.C2H4O2/c27-26(33)29-23-10-6-8-20(16-23)9-7-15-34-14-5-3-1-2-4-13-28-18-25(32)21-11-12-24(31)22(17-21)19-30;1-2(3)4/h6,8,10-12,16-17,25,28,30-32H,1-5,7,9,13-15,18-19H2,(H3,27,29,33);1H3,(H,3,4)/t25-;/m0./s1. The van der Waals surface area contributed by atoms with Crippen molar-refractivity contribution in [2.75, 3.05) is 31.6 Å². The van der Waals surface area contributed by atoms with Crippen LogP contribution in [0.1, 0.15) is 68.2 Å². The average molecular weight is 534 g/mol. The molecule has 38 heavy (non-hydrogen) atoms. The van der Waals surface area contributed by atoms with Crippen molar-refractivity contribution >= 4 is 17.7 Å². The minimum absolute atomic E-state index is 0.0403. The van der Waals surface area contributed by atoms with E-state index in [2.05, 4.69) is 10.6 Å². The van der Waals surface area contributed by atoms with Crippen LogP contribution in [0.15, 0.2) is 42.5 Å². The number of aromatic hydroxyl groups is 1. The van der Waals surface area contributed by atoms with Gasteiger partial charge in [0.2, 0.25) is 0 Å². The highest BCUT2D eigenvalue weighted by molar-refractivity contribution is 5.87. The van der Waals surface area contributed by atoms with Crippen LogP contribution in [-0.2, 0) is 22.6 Å². The highest BCUT2D eigenvalue weighted by Crippen LogP contribution is 2.22. The summed E-state index contributed by atoms with van der Waals surface area (Å²) in [6, 6.07) is 11.9. The first kappa shape index (κ1) is 32.8. The van der Waals surface area contributed by atoms with Gasteiger partial charge in [0.05, 0.1) is 12.7 Å². The molecule has 2 rings (SSSR count). The van der Waals surface area contributed by atoms with E-state index in [4.69, 9.17) is 20.4 Å². The lowest BCUT2D eigenvalue weighted by Gasteiger charge is -2.14. The van der Waals surface area contributed by atoms with Gasteiger partial charge in [-0.2, -0.15) is 0 Å². The number of rotatable bonds is 17. The molecule has 0 unspecified atom stereocenters. The van der Waals surface area contributed by atoms with E-state index in [1.54, 1.807) is 12.1 Å². The number of urea groups is 1. The van der Waals surface area contributed by atoms with Gasteiger partial charge in [-0.15, -0.1) is 0 Å². The number of nitrogens with two attached hydrogens (primary N) is 1. The highest BCUT2D eigenvalue weighted by atomic mass is 16.5. The van der Waals surface area contributed by atoms with Crippen molar-refractivity contribution in [3.63, 3.8) is 0 Å². The number of aryl methyl sites for hydroxylation is 1. The Morgan fingerprint density at radius 2 is 1.68 bits per heavy atom. The molecule has 0 saturated carbocycles. The van der Waals surface area contributed by atoms with Gasteiger partial charge < -0.3 is 41.5 Å². The van der Waals surface area contributed by atoms with Gasteiger partial charge in [0, 0.05) is 37.9 Å². The first-order valence-corrected chi connectivity index (χ1v) is 13.0. The van der Waals surface area contributed by atoms with Gasteiger partial charge in [-0.1, -0.05) is 37.5 Å². The molecule has 2 amide bonds. The Balaban J connectivity index is 0.00000168. The molecule has 0 heterocycles. The van der Waals surface area contributed by atoms with Crippen molar-refractivity contribution in [2.24, 2.45) is 5.73 Å². The number of amides is 2. The summed E-state index contributed by atoms with van der Waals surface area (Å²) in [4.78, 5) is 19.9. The lowest BCUT2D eigenvalue weighted by atomic mass is 10.1. The Kier molecular flexibility index (Phi) is 17.2. The number of aliphatic hydroxyl groups is 2. The fraction of sp³-hybridized carbons (Fsp3) is 0.500. The fourth-order valence-electron chi connectivity index (χ4n) is 3.71. The minimum Gasteiger partial charge on any atom is -0.508 e. The molecule has 0 aliphatic rings. The van der Waals surface area contributed by atoms with Crippen molar-refractivity contribution in [1.29, 1.82) is 0 Å². The number of ether oxygens (including phenoxy) is 1. The second-order valence-electron chi connectivity index (χ2n) is 8.96. The monoisotopic (exact) mass is 533 g/mol. The summed E-state index contributed by atoms with van der Waals surface area (Å²) in [5.74, 6) is -0.793. The summed E-state index contributed by atoms with van der Waals surface area (Å²) in [5, 5.41) is 42.3. The number of aliphatic carboxylic acids is 1. The lowest BCUT2D eigenvalue weighted by Crippen LogP contribution is -2.22. The number of carboxylic acids is 1. The third-order valence-corrected chi connectivity index (χ3v) is 5.59. The maximum Gasteiger partial charge on any atom is 0.316 e. The summed E-state index contributed by atoms with van der Waals surface area (Å²) in [7, 11) is 0. The van der Waals surface area contributed by atoms with Crippen LogP contribution in [0, 0.1) is 0 Å². The zero-order valence-electron chi connectivity index (χ0n) is 22.2. The smallest absolute Gasteiger partial charge is 0.316 e. The molecule has 0 aromatic heterocycles. The van der Waals surface area contributed by atoms with Crippen LogP contribution in [0.3, 0.4) is 0 Å². The van der Waals surface area contributed by atoms with Gasteiger partial charge >= 0.3 is 6.03 Å². The maximum atomic E-state index is 10.9. The van der Waals surface area contributed by atoms with E-state index in [1.165, 1.54) is 6.07 Å². The Hall–Kier alpha value is -3.18. The predicted molar refractivity (Wildman–Crippen MR) is 147 cm³/mol. The number of carboxylic acid groups (broad SMARTS) is 1. The van der Waals surface area contributed by atoms with Gasteiger partial charge in [-0.05, 0) is 67.6 Å². The highest BCUT2D eigenvalue weighted by Gasteiger charge is 2.09. The van der Waals surface area contributed by atoms with Crippen LogP contribution < -0.4 is 16.4 Å². The average Bonchev–Trinajstić information content (AvgIpc) is 2.86. The zero-order valence-corrected chi connectivity index (χ0v) is 22.2. The third kappa shape index (κ3) is 15.8. The first-order chi connectivity index (χ1) is 18.2. The Labute approximate surface area is 224 Å². The summed E-state index contributed by atoms with van der Waals surface area (Å²) in [5.41, 5.74) is 8.11. The molecular weight excluding hydrogens is 490 g/mol. The fourth-order valence-corrected chi connectivity index (χ4v) is 3.71. The van der Waals surface area contributed by atoms with E-state index in [0.29, 0.717) is 23.4 Å². The number of aliphatic hydroxyl groups excluding tert-OH is 2. The number of hydrogen-bond donors (Lipinski definition) is 7. The summed E-state index contributed by atoms with van der Waals surface area (Å²) in [6.45, 7) is 3.61.